The fourth-order valence-corrected chi connectivity index (χ4v) is 2.88. The molecule has 2 heterocycles. The molecule has 4 nitrogen and oxygen atoms in total. The molecule has 1 aliphatic rings. The number of fused-ring (bicyclic) bond motifs is 1. The van der Waals surface area contributed by atoms with Crippen LogP contribution < -0.4 is 10.1 Å². The first-order valence-electron chi connectivity index (χ1n) is 7.72. The molecule has 0 amide bonds. The molecule has 0 aliphatic carbocycles. The molecule has 0 radical (unpaired) electrons. The summed E-state index contributed by atoms with van der Waals surface area (Å²) in [6.07, 6.45) is 2.71. The number of rotatable bonds is 6. The number of benzene rings is 1. The molecule has 1 aromatic carbocycles. The van der Waals surface area contributed by atoms with Gasteiger partial charge in [0.05, 0.1) is 12.8 Å². The molecular formula is C17H23N3O. The second-order valence-corrected chi connectivity index (χ2v) is 5.56. The maximum absolute atomic E-state index is 5.39. The minimum Gasteiger partial charge on any atom is -0.494 e. The molecule has 1 saturated heterocycles. The van der Waals surface area contributed by atoms with Gasteiger partial charge in [-0.2, -0.15) is 0 Å². The standard InChI is InChI=1S/C17H23N3O/c1-21-16-6-4-5-14-7-8-15(19-17(14)16)13-18-9-12-20-10-2-3-11-20/h4-8,18H,2-3,9-13H2,1H3. The van der Waals surface area contributed by atoms with E-state index in [2.05, 4.69) is 28.4 Å². The fourth-order valence-electron chi connectivity index (χ4n) is 2.88. The third-order valence-electron chi connectivity index (χ3n) is 4.07. The summed E-state index contributed by atoms with van der Waals surface area (Å²) in [7, 11) is 1.69. The van der Waals surface area contributed by atoms with Crippen molar-refractivity contribution in [3.8, 4) is 5.75 Å². The number of aromatic nitrogens is 1. The second-order valence-electron chi connectivity index (χ2n) is 5.56. The largest absolute Gasteiger partial charge is 0.494 e. The molecule has 0 bridgehead atoms. The van der Waals surface area contributed by atoms with Gasteiger partial charge in [-0.25, -0.2) is 4.98 Å². The number of pyridine rings is 1. The van der Waals surface area contributed by atoms with Crippen LogP contribution in [-0.2, 0) is 6.54 Å². The predicted molar refractivity (Wildman–Crippen MR) is 85.7 cm³/mol. The number of methoxy groups -OCH3 is 1. The Bertz CT molecular complexity index is 594. The summed E-state index contributed by atoms with van der Waals surface area (Å²) >= 11 is 0. The highest BCUT2D eigenvalue weighted by Crippen LogP contribution is 2.23. The Kier molecular flexibility index (Phi) is 4.68. The lowest BCUT2D eigenvalue weighted by Crippen LogP contribution is -2.29. The SMILES string of the molecule is COc1cccc2ccc(CNCCN3CCCC3)nc12. The number of nitrogens with one attached hydrogen (secondary N) is 1. The van der Waals surface area contributed by atoms with E-state index in [-0.39, 0.29) is 0 Å². The van der Waals surface area contributed by atoms with E-state index in [9.17, 15) is 0 Å². The van der Waals surface area contributed by atoms with Crippen LogP contribution in [0.5, 0.6) is 5.75 Å². The van der Waals surface area contributed by atoms with Gasteiger partial charge in [0.25, 0.3) is 0 Å². The average Bonchev–Trinajstić information content (AvgIpc) is 3.04. The monoisotopic (exact) mass is 285 g/mol. The molecule has 1 aromatic heterocycles. The Morgan fingerprint density at radius 1 is 1.19 bits per heavy atom. The second kappa shape index (κ2) is 6.87. The number of hydrogen-bond acceptors (Lipinski definition) is 4. The summed E-state index contributed by atoms with van der Waals surface area (Å²) < 4.78 is 5.39. The molecule has 0 saturated carbocycles. The molecule has 0 atom stereocenters. The lowest BCUT2D eigenvalue weighted by Gasteiger charge is -2.14. The fraction of sp³-hybridized carbons (Fsp3) is 0.471. The van der Waals surface area contributed by atoms with Crippen molar-refractivity contribution >= 4 is 10.9 Å². The zero-order valence-electron chi connectivity index (χ0n) is 12.6. The number of hydrogen-bond donors (Lipinski definition) is 1. The molecule has 1 N–H and O–H groups in total. The van der Waals surface area contributed by atoms with Crippen LogP contribution in [-0.4, -0.2) is 43.2 Å². The van der Waals surface area contributed by atoms with Crippen LogP contribution in [0.15, 0.2) is 30.3 Å². The number of nitrogens with zero attached hydrogens (tertiary/aromatic N) is 2. The van der Waals surface area contributed by atoms with E-state index in [0.717, 1.165) is 42.0 Å². The third-order valence-corrected chi connectivity index (χ3v) is 4.07. The van der Waals surface area contributed by atoms with Crippen LogP contribution in [0.4, 0.5) is 0 Å². The molecule has 3 rings (SSSR count). The summed E-state index contributed by atoms with van der Waals surface area (Å²) in [6, 6.07) is 10.2. The number of likely N-dealkylation sites (tertiary alicyclic amines) is 1. The van der Waals surface area contributed by atoms with Gasteiger partial charge in [-0.3, -0.25) is 0 Å². The molecule has 1 fully saturated rings. The van der Waals surface area contributed by atoms with Gasteiger partial charge in [0.1, 0.15) is 11.3 Å². The predicted octanol–water partition coefficient (Wildman–Crippen LogP) is 2.43. The summed E-state index contributed by atoms with van der Waals surface area (Å²) in [4.78, 5) is 7.23. The van der Waals surface area contributed by atoms with E-state index in [1.807, 2.05) is 12.1 Å². The molecular weight excluding hydrogens is 262 g/mol. The van der Waals surface area contributed by atoms with Gasteiger partial charge in [-0.05, 0) is 38.1 Å². The van der Waals surface area contributed by atoms with Gasteiger partial charge in [-0.1, -0.05) is 18.2 Å². The Morgan fingerprint density at radius 2 is 2.05 bits per heavy atom. The first-order chi connectivity index (χ1) is 10.4. The molecule has 0 unspecified atom stereocenters. The average molecular weight is 285 g/mol. The smallest absolute Gasteiger partial charge is 0.145 e. The van der Waals surface area contributed by atoms with Gasteiger partial charge < -0.3 is 15.0 Å². The Balaban J connectivity index is 1.58. The molecule has 1 aliphatic heterocycles. The molecule has 112 valence electrons. The topological polar surface area (TPSA) is 37.4 Å². The lowest BCUT2D eigenvalue weighted by atomic mass is 10.2. The van der Waals surface area contributed by atoms with Gasteiger partial charge >= 0.3 is 0 Å². The number of para-hydroxylation sites is 1. The van der Waals surface area contributed by atoms with Crippen LogP contribution in [0.1, 0.15) is 18.5 Å². The van der Waals surface area contributed by atoms with E-state index in [1.165, 1.54) is 25.9 Å². The van der Waals surface area contributed by atoms with Gasteiger partial charge in [0.2, 0.25) is 0 Å². The minimum absolute atomic E-state index is 0.807. The lowest BCUT2D eigenvalue weighted by molar-refractivity contribution is 0.335. The first-order valence-corrected chi connectivity index (χ1v) is 7.72. The van der Waals surface area contributed by atoms with E-state index in [0.29, 0.717) is 0 Å². The summed E-state index contributed by atoms with van der Waals surface area (Å²) in [5.41, 5.74) is 2.01. The van der Waals surface area contributed by atoms with Crippen molar-refractivity contribution in [1.82, 2.24) is 15.2 Å². The van der Waals surface area contributed by atoms with Crippen molar-refractivity contribution in [2.45, 2.75) is 19.4 Å². The normalized spacial score (nSPS) is 15.7. The molecule has 21 heavy (non-hydrogen) atoms. The van der Waals surface area contributed by atoms with E-state index in [1.54, 1.807) is 7.11 Å². The summed E-state index contributed by atoms with van der Waals surface area (Å²) in [5.74, 6) is 0.839. The van der Waals surface area contributed by atoms with Crippen molar-refractivity contribution in [3.63, 3.8) is 0 Å². The minimum atomic E-state index is 0.807. The summed E-state index contributed by atoms with van der Waals surface area (Å²) in [6.45, 7) is 5.48. The highest BCUT2D eigenvalue weighted by atomic mass is 16.5. The van der Waals surface area contributed by atoms with E-state index < -0.39 is 0 Å². The van der Waals surface area contributed by atoms with Crippen LogP contribution in [0.3, 0.4) is 0 Å². The van der Waals surface area contributed by atoms with Gasteiger partial charge in [-0.15, -0.1) is 0 Å². The highest BCUT2D eigenvalue weighted by molar-refractivity contribution is 5.84. The molecule has 0 spiro atoms. The van der Waals surface area contributed by atoms with Crippen molar-refractivity contribution < 1.29 is 4.74 Å². The maximum Gasteiger partial charge on any atom is 0.145 e. The zero-order valence-corrected chi connectivity index (χ0v) is 12.6. The molecule has 4 heteroatoms. The zero-order chi connectivity index (χ0) is 14.5. The highest BCUT2D eigenvalue weighted by Gasteiger charge is 2.10. The van der Waals surface area contributed by atoms with Crippen molar-refractivity contribution in [3.05, 3.63) is 36.0 Å². The Hall–Kier alpha value is -1.65. The van der Waals surface area contributed by atoms with Crippen LogP contribution in [0.25, 0.3) is 10.9 Å². The van der Waals surface area contributed by atoms with Crippen molar-refractivity contribution in [2.24, 2.45) is 0 Å². The van der Waals surface area contributed by atoms with Crippen LogP contribution in [0, 0.1) is 0 Å². The third kappa shape index (κ3) is 3.52. The van der Waals surface area contributed by atoms with Crippen LogP contribution >= 0.6 is 0 Å². The van der Waals surface area contributed by atoms with Crippen molar-refractivity contribution in [2.75, 3.05) is 33.3 Å². The Labute approximate surface area is 126 Å². The molecule has 2 aromatic rings. The van der Waals surface area contributed by atoms with E-state index in [4.69, 9.17) is 9.72 Å². The van der Waals surface area contributed by atoms with Gasteiger partial charge in [0, 0.05) is 25.0 Å². The number of ether oxygens (including phenoxy) is 1. The van der Waals surface area contributed by atoms with Gasteiger partial charge in [0.15, 0.2) is 0 Å². The Morgan fingerprint density at radius 3 is 2.86 bits per heavy atom. The van der Waals surface area contributed by atoms with Crippen LogP contribution in [0.2, 0.25) is 0 Å². The van der Waals surface area contributed by atoms with Crippen molar-refractivity contribution in [1.29, 1.82) is 0 Å². The quantitative estimate of drug-likeness (QED) is 0.827. The first kappa shape index (κ1) is 14.3. The summed E-state index contributed by atoms with van der Waals surface area (Å²) in [5, 5.41) is 4.61. The maximum atomic E-state index is 5.39. The van der Waals surface area contributed by atoms with E-state index >= 15 is 0 Å².